The first-order chi connectivity index (χ1) is 15.7. The van der Waals surface area contributed by atoms with E-state index in [1.807, 2.05) is 19.1 Å². The monoisotopic (exact) mass is 474 g/mol. The predicted octanol–water partition coefficient (Wildman–Crippen LogP) is 5.83. The molecule has 0 saturated heterocycles. The van der Waals surface area contributed by atoms with Crippen molar-refractivity contribution in [3.05, 3.63) is 83.3 Å². The fraction of sp³-hybridized carbons (Fsp3) is 0.174. The van der Waals surface area contributed by atoms with Crippen LogP contribution in [0.5, 0.6) is 5.75 Å². The molecule has 6 nitrogen and oxygen atoms in total. The second-order valence-electron chi connectivity index (χ2n) is 7.19. The van der Waals surface area contributed by atoms with E-state index < -0.39 is 12.4 Å². The van der Waals surface area contributed by atoms with Crippen molar-refractivity contribution in [2.24, 2.45) is 0 Å². The number of benzene rings is 1. The molecular weight excluding hydrogens is 457 g/mol. The van der Waals surface area contributed by atoms with Gasteiger partial charge in [-0.1, -0.05) is 24.6 Å². The van der Waals surface area contributed by atoms with Gasteiger partial charge in [-0.05, 0) is 48.9 Å². The lowest BCUT2D eigenvalue weighted by atomic mass is 10.0. The van der Waals surface area contributed by atoms with Gasteiger partial charge in [-0.25, -0.2) is 4.52 Å². The Kier molecular flexibility index (Phi) is 6.24. The Morgan fingerprint density at radius 2 is 1.94 bits per heavy atom. The molecule has 1 aromatic carbocycles. The molecule has 0 aliphatic heterocycles. The van der Waals surface area contributed by atoms with Crippen LogP contribution in [-0.2, 0) is 0 Å². The summed E-state index contributed by atoms with van der Waals surface area (Å²) < 4.78 is 42.5. The van der Waals surface area contributed by atoms with Crippen LogP contribution >= 0.6 is 11.6 Å². The molecule has 1 amide bonds. The maximum atomic E-state index is 12.9. The summed E-state index contributed by atoms with van der Waals surface area (Å²) in [6.07, 6.45) is 0.627. The van der Waals surface area contributed by atoms with Gasteiger partial charge in [0, 0.05) is 28.5 Å². The van der Waals surface area contributed by atoms with Crippen molar-refractivity contribution in [1.82, 2.24) is 19.9 Å². The van der Waals surface area contributed by atoms with Gasteiger partial charge in [0.2, 0.25) is 0 Å². The summed E-state index contributed by atoms with van der Waals surface area (Å²) in [7, 11) is 0. The molecule has 0 radical (unpaired) electrons. The fourth-order valence-electron chi connectivity index (χ4n) is 3.43. The van der Waals surface area contributed by atoms with Crippen molar-refractivity contribution in [2.45, 2.75) is 25.7 Å². The van der Waals surface area contributed by atoms with Crippen molar-refractivity contribution in [1.29, 1.82) is 0 Å². The Labute approximate surface area is 192 Å². The molecule has 1 unspecified atom stereocenters. The first-order valence-electron chi connectivity index (χ1n) is 10.00. The number of hydrogen-bond donors (Lipinski definition) is 1. The smallest absolute Gasteiger partial charge is 0.406 e. The second kappa shape index (κ2) is 9.11. The summed E-state index contributed by atoms with van der Waals surface area (Å²) in [5, 5.41) is 7.52. The Morgan fingerprint density at radius 3 is 2.61 bits per heavy atom. The average molecular weight is 475 g/mol. The van der Waals surface area contributed by atoms with Crippen LogP contribution in [-0.4, -0.2) is 26.9 Å². The molecule has 4 rings (SSSR count). The highest BCUT2D eigenvalue weighted by atomic mass is 35.5. The Morgan fingerprint density at radius 1 is 1.18 bits per heavy atom. The summed E-state index contributed by atoms with van der Waals surface area (Å²) in [6, 6.07) is 12.0. The summed E-state index contributed by atoms with van der Waals surface area (Å²) in [6.45, 7) is 1.91. The maximum absolute atomic E-state index is 12.9. The van der Waals surface area contributed by atoms with Crippen LogP contribution in [0.25, 0.3) is 16.8 Å². The van der Waals surface area contributed by atoms with Gasteiger partial charge in [0.15, 0.2) is 0 Å². The van der Waals surface area contributed by atoms with Gasteiger partial charge in [-0.3, -0.25) is 9.78 Å². The number of aromatic nitrogens is 3. The summed E-state index contributed by atoms with van der Waals surface area (Å²) in [5.41, 5.74) is 2.80. The normalized spacial score (nSPS) is 12.5. The van der Waals surface area contributed by atoms with E-state index in [1.54, 1.807) is 29.0 Å². The minimum Gasteiger partial charge on any atom is -0.406 e. The zero-order chi connectivity index (χ0) is 23.6. The van der Waals surface area contributed by atoms with E-state index in [1.165, 1.54) is 30.5 Å². The molecule has 0 aliphatic carbocycles. The molecule has 1 atom stereocenters. The van der Waals surface area contributed by atoms with Crippen LogP contribution in [0, 0.1) is 0 Å². The minimum absolute atomic E-state index is 0.288. The number of nitrogens with zero attached hydrogens (tertiary/aromatic N) is 3. The van der Waals surface area contributed by atoms with Crippen molar-refractivity contribution in [2.75, 3.05) is 0 Å². The molecule has 1 N–H and O–H groups in total. The number of rotatable bonds is 6. The zero-order valence-corrected chi connectivity index (χ0v) is 18.1. The summed E-state index contributed by atoms with van der Waals surface area (Å²) >= 11 is 6.49. The molecule has 33 heavy (non-hydrogen) atoms. The van der Waals surface area contributed by atoms with E-state index in [9.17, 15) is 18.0 Å². The summed E-state index contributed by atoms with van der Waals surface area (Å²) in [5.74, 6) is -0.612. The lowest BCUT2D eigenvalue weighted by Crippen LogP contribution is -2.28. The Bertz CT molecular complexity index is 1290. The van der Waals surface area contributed by atoms with E-state index >= 15 is 0 Å². The number of nitrogens with one attached hydrogen (secondary N) is 1. The van der Waals surface area contributed by atoms with Gasteiger partial charge in [-0.2, -0.15) is 5.10 Å². The zero-order valence-electron chi connectivity index (χ0n) is 17.3. The van der Waals surface area contributed by atoms with Crippen LogP contribution < -0.4 is 10.1 Å². The van der Waals surface area contributed by atoms with Gasteiger partial charge in [0.1, 0.15) is 5.75 Å². The molecule has 0 bridgehead atoms. The molecule has 4 aromatic rings. The van der Waals surface area contributed by atoms with Gasteiger partial charge < -0.3 is 10.1 Å². The molecule has 0 aliphatic rings. The number of pyridine rings is 2. The van der Waals surface area contributed by atoms with Crippen molar-refractivity contribution >= 4 is 23.0 Å². The third-order valence-corrected chi connectivity index (χ3v) is 5.35. The van der Waals surface area contributed by atoms with Crippen molar-refractivity contribution < 1.29 is 22.7 Å². The number of alkyl halides is 3. The van der Waals surface area contributed by atoms with Gasteiger partial charge in [-0.15, -0.1) is 13.2 Å². The van der Waals surface area contributed by atoms with Gasteiger partial charge in [0.25, 0.3) is 5.91 Å². The number of hydrogen-bond acceptors (Lipinski definition) is 4. The molecule has 3 heterocycles. The quantitative estimate of drug-likeness (QED) is 0.382. The maximum Gasteiger partial charge on any atom is 0.573 e. The van der Waals surface area contributed by atoms with Crippen LogP contribution in [0.3, 0.4) is 0 Å². The van der Waals surface area contributed by atoms with Crippen LogP contribution in [0.1, 0.15) is 35.3 Å². The lowest BCUT2D eigenvalue weighted by molar-refractivity contribution is -0.274. The molecule has 3 aromatic heterocycles. The Balaban J connectivity index is 1.53. The third-order valence-electron chi connectivity index (χ3n) is 5.03. The van der Waals surface area contributed by atoms with Crippen LogP contribution in [0.2, 0.25) is 5.02 Å². The van der Waals surface area contributed by atoms with Crippen molar-refractivity contribution in [3.63, 3.8) is 0 Å². The average Bonchev–Trinajstić information content (AvgIpc) is 3.21. The predicted molar refractivity (Wildman–Crippen MR) is 117 cm³/mol. The minimum atomic E-state index is -4.76. The van der Waals surface area contributed by atoms with Gasteiger partial charge in [0.05, 0.1) is 29.0 Å². The molecular formula is C23H18ClF3N4O2. The number of carbonyl (C=O) groups is 1. The van der Waals surface area contributed by atoms with E-state index in [-0.39, 0.29) is 11.7 Å². The van der Waals surface area contributed by atoms with E-state index in [4.69, 9.17) is 11.6 Å². The van der Waals surface area contributed by atoms with E-state index in [0.717, 1.165) is 0 Å². The molecule has 0 fully saturated rings. The van der Waals surface area contributed by atoms with E-state index in [0.29, 0.717) is 39.3 Å². The SMILES string of the molecule is CCC(NC(=O)c1cnn2ccccc12)c1cnc(-c2ccc(OC(F)(F)F)cc2)cc1Cl. The highest BCUT2D eigenvalue weighted by Crippen LogP contribution is 2.30. The number of ether oxygens (including phenoxy) is 1. The topological polar surface area (TPSA) is 68.5 Å². The number of halogens is 4. The second-order valence-corrected chi connectivity index (χ2v) is 7.59. The van der Waals surface area contributed by atoms with Crippen molar-refractivity contribution in [3.8, 4) is 17.0 Å². The standard InChI is InChI=1S/C23H18ClF3N4O2/c1-2-19(30-22(32)17-13-29-31-10-4-3-5-21(17)31)16-12-28-20(11-18(16)24)14-6-8-15(9-7-14)33-23(25,26)27/h3-13,19H,2H2,1H3,(H,30,32). The van der Waals surface area contributed by atoms with Gasteiger partial charge >= 0.3 is 6.36 Å². The third kappa shape index (κ3) is 5.09. The fourth-order valence-corrected chi connectivity index (χ4v) is 3.71. The number of amides is 1. The largest absolute Gasteiger partial charge is 0.573 e. The molecule has 10 heteroatoms. The summed E-state index contributed by atoms with van der Waals surface area (Å²) in [4.78, 5) is 17.3. The first-order valence-corrected chi connectivity index (χ1v) is 10.4. The molecule has 0 saturated carbocycles. The van der Waals surface area contributed by atoms with Crippen LogP contribution in [0.15, 0.2) is 67.1 Å². The lowest BCUT2D eigenvalue weighted by Gasteiger charge is -2.19. The van der Waals surface area contributed by atoms with Crippen LogP contribution in [0.4, 0.5) is 13.2 Å². The highest BCUT2D eigenvalue weighted by molar-refractivity contribution is 6.31. The van der Waals surface area contributed by atoms with E-state index in [2.05, 4.69) is 20.1 Å². The highest BCUT2D eigenvalue weighted by Gasteiger charge is 2.31. The number of fused-ring (bicyclic) bond motifs is 1. The molecule has 0 spiro atoms. The molecule has 170 valence electrons. The number of carbonyl (C=O) groups excluding carboxylic acids is 1. The first kappa shape index (κ1) is 22.6. The Hall–Kier alpha value is -3.59.